The van der Waals surface area contributed by atoms with Crippen molar-refractivity contribution in [1.29, 1.82) is 0 Å². The SMILES string of the molecule is O=Cc1ccc2c(c1)C1C3CCC(C3)C1O2. The molecule has 1 aliphatic heterocycles. The lowest BCUT2D eigenvalue weighted by Gasteiger charge is -2.23. The van der Waals surface area contributed by atoms with Crippen LogP contribution in [-0.4, -0.2) is 12.4 Å². The van der Waals surface area contributed by atoms with E-state index in [2.05, 4.69) is 0 Å². The fraction of sp³-hybridized carbons (Fsp3) is 0.500. The van der Waals surface area contributed by atoms with Crippen molar-refractivity contribution in [3.8, 4) is 5.75 Å². The molecule has 1 aromatic rings. The summed E-state index contributed by atoms with van der Waals surface area (Å²) >= 11 is 0. The Balaban J connectivity index is 1.83. The summed E-state index contributed by atoms with van der Waals surface area (Å²) in [5.74, 6) is 3.17. The van der Waals surface area contributed by atoms with Gasteiger partial charge in [-0.05, 0) is 49.3 Å². The molecule has 1 aromatic carbocycles. The first-order chi connectivity index (χ1) is 7.86. The molecule has 2 heteroatoms. The minimum Gasteiger partial charge on any atom is -0.489 e. The van der Waals surface area contributed by atoms with E-state index in [-0.39, 0.29) is 0 Å². The molecule has 1 heterocycles. The van der Waals surface area contributed by atoms with Crippen molar-refractivity contribution in [2.75, 3.05) is 0 Å². The highest BCUT2D eigenvalue weighted by atomic mass is 16.5. The predicted molar refractivity (Wildman–Crippen MR) is 59.8 cm³/mol. The van der Waals surface area contributed by atoms with Gasteiger partial charge in [0.1, 0.15) is 18.1 Å². The summed E-state index contributed by atoms with van der Waals surface area (Å²) in [6, 6.07) is 5.86. The van der Waals surface area contributed by atoms with E-state index in [0.29, 0.717) is 12.0 Å². The van der Waals surface area contributed by atoms with Gasteiger partial charge in [0, 0.05) is 17.0 Å². The second-order valence-corrected chi connectivity index (χ2v) is 5.36. The summed E-state index contributed by atoms with van der Waals surface area (Å²) in [6.07, 6.45) is 5.36. The topological polar surface area (TPSA) is 26.3 Å². The highest BCUT2D eigenvalue weighted by molar-refractivity contribution is 5.76. The van der Waals surface area contributed by atoms with Gasteiger partial charge in [0.15, 0.2) is 0 Å². The molecule has 2 bridgehead atoms. The number of carbonyl (C=O) groups excluding carboxylic acids is 1. The van der Waals surface area contributed by atoms with Gasteiger partial charge in [-0.15, -0.1) is 0 Å². The van der Waals surface area contributed by atoms with Gasteiger partial charge in [0.25, 0.3) is 0 Å². The van der Waals surface area contributed by atoms with E-state index < -0.39 is 0 Å². The first-order valence-electron chi connectivity index (χ1n) is 6.12. The lowest BCUT2D eigenvalue weighted by atomic mass is 9.82. The minimum absolute atomic E-state index is 0.413. The van der Waals surface area contributed by atoms with Crippen LogP contribution in [-0.2, 0) is 0 Å². The zero-order chi connectivity index (χ0) is 10.7. The second kappa shape index (κ2) is 2.88. The lowest BCUT2D eigenvalue weighted by molar-refractivity contribution is 0.112. The summed E-state index contributed by atoms with van der Waals surface area (Å²) in [6.45, 7) is 0. The van der Waals surface area contributed by atoms with Crippen LogP contribution in [0, 0.1) is 11.8 Å². The van der Waals surface area contributed by atoms with Crippen molar-refractivity contribution in [2.45, 2.75) is 31.3 Å². The maximum Gasteiger partial charge on any atom is 0.150 e. The van der Waals surface area contributed by atoms with Crippen LogP contribution < -0.4 is 4.74 Å². The Bertz CT molecular complexity index is 466. The Morgan fingerprint density at radius 1 is 1.25 bits per heavy atom. The molecule has 4 rings (SSSR count). The van der Waals surface area contributed by atoms with E-state index in [1.54, 1.807) is 0 Å². The number of carbonyl (C=O) groups is 1. The first-order valence-corrected chi connectivity index (χ1v) is 6.12. The Morgan fingerprint density at radius 3 is 3.00 bits per heavy atom. The van der Waals surface area contributed by atoms with Crippen molar-refractivity contribution in [3.63, 3.8) is 0 Å². The molecule has 2 nitrogen and oxygen atoms in total. The molecular formula is C14H14O2. The molecular weight excluding hydrogens is 200 g/mol. The summed E-state index contributed by atoms with van der Waals surface area (Å²) in [5, 5.41) is 0. The molecule has 3 aliphatic rings. The third-order valence-electron chi connectivity index (χ3n) is 4.63. The number of hydrogen-bond donors (Lipinski definition) is 0. The number of fused-ring (bicyclic) bond motifs is 7. The van der Waals surface area contributed by atoms with E-state index in [0.717, 1.165) is 29.4 Å². The molecule has 16 heavy (non-hydrogen) atoms. The van der Waals surface area contributed by atoms with E-state index in [1.807, 2.05) is 18.2 Å². The lowest BCUT2D eigenvalue weighted by Crippen LogP contribution is -2.25. The van der Waals surface area contributed by atoms with Gasteiger partial charge in [-0.25, -0.2) is 0 Å². The number of aldehydes is 1. The number of ether oxygens (including phenoxy) is 1. The molecule has 4 atom stereocenters. The normalized spacial score (nSPS) is 38.0. The largest absolute Gasteiger partial charge is 0.489 e. The van der Waals surface area contributed by atoms with Crippen molar-refractivity contribution in [2.24, 2.45) is 11.8 Å². The van der Waals surface area contributed by atoms with Gasteiger partial charge in [0.05, 0.1) is 0 Å². The van der Waals surface area contributed by atoms with Crippen LogP contribution in [0.3, 0.4) is 0 Å². The van der Waals surface area contributed by atoms with Crippen LogP contribution in [0.1, 0.15) is 41.1 Å². The maximum absolute atomic E-state index is 10.8. The molecule has 0 spiro atoms. The third kappa shape index (κ3) is 0.952. The Kier molecular flexibility index (Phi) is 1.58. The standard InChI is InChI=1S/C14H14O2/c15-7-8-1-4-12-11(5-8)13-9-2-3-10(6-9)14(13)16-12/h1,4-5,7,9-10,13-14H,2-3,6H2. The van der Waals surface area contributed by atoms with Crippen molar-refractivity contribution >= 4 is 6.29 Å². The minimum atomic E-state index is 0.413. The van der Waals surface area contributed by atoms with Crippen LogP contribution >= 0.6 is 0 Å². The molecule has 2 aliphatic carbocycles. The first kappa shape index (κ1) is 8.80. The monoisotopic (exact) mass is 214 g/mol. The van der Waals surface area contributed by atoms with Gasteiger partial charge in [-0.3, -0.25) is 4.79 Å². The molecule has 2 saturated carbocycles. The predicted octanol–water partition coefficient (Wildman–Crippen LogP) is 2.77. The molecule has 0 saturated heterocycles. The van der Waals surface area contributed by atoms with E-state index in [4.69, 9.17) is 4.74 Å². The summed E-state index contributed by atoms with van der Waals surface area (Å²) < 4.78 is 6.05. The quantitative estimate of drug-likeness (QED) is 0.672. The molecule has 0 radical (unpaired) electrons. The number of rotatable bonds is 1. The fourth-order valence-corrected chi connectivity index (χ4v) is 3.99. The molecule has 4 unspecified atom stereocenters. The Hall–Kier alpha value is -1.31. The molecule has 0 amide bonds. The highest BCUT2D eigenvalue weighted by Gasteiger charge is 2.53. The summed E-state index contributed by atoms with van der Waals surface area (Å²) in [5.41, 5.74) is 2.08. The van der Waals surface area contributed by atoms with Gasteiger partial charge >= 0.3 is 0 Å². The maximum atomic E-state index is 10.8. The Labute approximate surface area is 94.6 Å². The smallest absolute Gasteiger partial charge is 0.150 e. The van der Waals surface area contributed by atoms with Crippen molar-refractivity contribution < 1.29 is 9.53 Å². The van der Waals surface area contributed by atoms with Crippen LogP contribution in [0.15, 0.2) is 18.2 Å². The van der Waals surface area contributed by atoms with Crippen LogP contribution in [0.25, 0.3) is 0 Å². The zero-order valence-corrected chi connectivity index (χ0v) is 9.06. The summed E-state index contributed by atoms with van der Waals surface area (Å²) in [7, 11) is 0. The van der Waals surface area contributed by atoms with E-state index in [9.17, 15) is 4.79 Å². The highest BCUT2D eigenvalue weighted by Crippen LogP contribution is 2.59. The molecule has 0 N–H and O–H groups in total. The molecule has 2 fully saturated rings. The van der Waals surface area contributed by atoms with E-state index in [1.165, 1.54) is 24.8 Å². The average Bonchev–Trinajstić information content (AvgIpc) is 2.99. The number of hydrogen-bond acceptors (Lipinski definition) is 2. The Morgan fingerprint density at radius 2 is 2.12 bits per heavy atom. The number of benzene rings is 1. The molecule has 82 valence electrons. The van der Waals surface area contributed by atoms with Gasteiger partial charge in [0.2, 0.25) is 0 Å². The van der Waals surface area contributed by atoms with Gasteiger partial charge in [-0.1, -0.05) is 0 Å². The second-order valence-electron chi connectivity index (χ2n) is 5.36. The zero-order valence-electron chi connectivity index (χ0n) is 9.06. The van der Waals surface area contributed by atoms with Gasteiger partial charge in [-0.2, -0.15) is 0 Å². The van der Waals surface area contributed by atoms with Crippen LogP contribution in [0.2, 0.25) is 0 Å². The average molecular weight is 214 g/mol. The van der Waals surface area contributed by atoms with Crippen LogP contribution in [0.4, 0.5) is 0 Å². The van der Waals surface area contributed by atoms with Gasteiger partial charge < -0.3 is 4.74 Å². The fourth-order valence-electron chi connectivity index (χ4n) is 3.99. The van der Waals surface area contributed by atoms with Crippen molar-refractivity contribution in [3.05, 3.63) is 29.3 Å². The third-order valence-corrected chi connectivity index (χ3v) is 4.63. The summed E-state index contributed by atoms with van der Waals surface area (Å²) in [4.78, 5) is 10.8. The van der Waals surface area contributed by atoms with E-state index >= 15 is 0 Å². The molecule has 0 aromatic heterocycles. The van der Waals surface area contributed by atoms with Crippen LogP contribution in [0.5, 0.6) is 5.75 Å². The van der Waals surface area contributed by atoms with Crippen molar-refractivity contribution in [1.82, 2.24) is 0 Å².